The fraction of sp³-hybridized carbons (Fsp3) is 0.862. The molecule has 7 atom stereocenters. The zero-order valence-electron chi connectivity index (χ0n) is 23.7. The molecule has 0 bridgehead atoms. The second-order valence-corrected chi connectivity index (χ2v) is 18.9. The molecular formula is C29H50O5Si. The molecular weight excluding hydrogens is 456 g/mol. The third kappa shape index (κ3) is 4.88. The van der Waals surface area contributed by atoms with Crippen molar-refractivity contribution in [3.8, 4) is 0 Å². The Morgan fingerprint density at radius 3 is 2.49 bits per heavy atom. The second kappa shape index (κ2) is 9.06. The summed E-state index contributed by atoms with van der Waals surface area (Å²) in [6.07, 6.45) is 6.67. The molecule has 0 amide bonds. The van der Waals surface area contributed by atoms with E-state index in [1.807, 2.05) is 13.8 Å². The zero-order chi connectivity index (χ0) is 26.0. The van der Waals surface area contributed by atoms with E-state index in [0.717, 1.165) is 44.3 Å². The number of ether oxygens (including phenoxy) is 3. The van der Waals surface area contributed by atoms with Gasteiger partial charge in [-0.05, 0) is 81.3 Å². The van der Waals surface area contributed by atoms with Crippen LogP contribution in [0.25, 0.3) is 0 Å². The molecule has 0 radical (unpaired) electrons. The maximum atomic E-state index is 10.7. The van der Waals surface area contributed by atoms with Gasteiger partial charge in [-0.2, -0.15) is 0 Å². The first-order chi connectivity index (χ1) is 16.0. The minimum absolute atomic E-state index is 0.0125. The molecule has 0 aromatic heterocycles. The van der Waals surface area contributed by atoms with Crippen LogP contribution in [0.5, 0.6) is 0 Å². The zero-order valence-corrected chi connectivity index (χ0v) is 24.7. The molecule has 4 aliphatic rings. The van der Waals surface area contributed by atoms with Gasteiger partial charge in [0, 0.05) is 11.0 Å². The normalized spacial score (nSPS) is 43.2. The molecule has 4 fully saturated rings. The van der Waals surface area contributed by atoms with Crippen LogP contribution in [0.3, 0.4) is 0 Å². The van der Waals surface area contributed by atoms with Gasteiger partial charge in [0.25, 0.3) is 0 Å². The van der Waals surface area contributed by atoms with Crippen LogP contribution in [0.4, 0.5) is 0 Å². The molecule has 4 rings (SSSR count). The van der Waals surface area contributed by atoms with Crippen molar-refractivity contribution in [2.75, 3.05) is 13.2 Å². The Labute approximate surface area is 214 Å². The number of aliphatic hydroxyl groups excluding tert-OH is 1. The monoisotopic (exact) mass is 506 g/mol. The quantitative estimate of drug-likeness (QED) is 0.345. The fourth-order valence-corrected chi connectivity index (χ4v) is 8.42. The Morgan fingerprint density at radius 2 is 1.83 bits per heavy atom. The first-order valence-corrected chi connectivity index (χ1v) is 16.6. The summed E-state index contributed by atoms with van der Waals surface area (Å²) in [5.74, 6) is 0.378. The Bertz CT molecular complexity index is 858. The Morgan fingerprint density at radius 1 is 1.14 bits per heavy atom. The molecule has 2 saturated heterocycles. The third-order valence-corrected chi connectivity index (χ3v) is 14.9. The SMILES string of the molecule is C=C1CC[C@@H]2[C@]3(C)COC(C)(C)O[C@@H]3CC[C@@]2(C)[C@@H]1C/C=C1/C(O)OC[C@H]1O[Si](C)(C)C(C)(C)C. The van der Waals surface area contributed by atoms with Crippen LogP contribution < -0.4 is 0 Å². The maximum Gasteiger partial charge on any atom is 0.193 e. The predicted molar refractivity (Wildman–Crippen MR) is 142 cm³/mol. The fourth-order valence-electron chi connectivity index (χ4n) is 7.15. The largest absolute Gasteiger partial charge is 0.408 e. The summed E-state index contributed by atoms with van der Waals surface area (Å²) in [7, 11) is -1.98. The summed E-state index contributed by atoms with van der Waals surface area (Å²) in [6, 6.07) is 0. The Balaban J connectivity index is 1.56. The van der Waals surface area contributed by atoms with Crippen LogP contribution in [0.15, 0.2) is 23.8 Å². The van der Waals surface area contributed by atoms with Crippen molar-refractivity contribution in [1.29, 1.82) is 0 Å². The Hall–Kier alpha value is -0.503. The predicted octanol–water partition coefficient (Wildman–Crippen LogP) is 6.58. The van der Waals surface area contributed by atoms with Crippen LogP contribution in [0.1, 0.15) is 80.6 Å². The molecule has 0 aromatic carbocycles. The van der Waals surface area contributed by atoms with Crippen LogP contribution in [-0.2, 0) is 18.6 Å². The third-order valence-electron chi connectivity index (χ3n) is 10.4. The van der Waals surface area contributed by atoms with E-state index >= 15 is 0 Å². The summed E-state index contributed by atoms with van der Waals surface area (Å²) >= 11 is 0. The molecule has 1 unspecified atom stereocenters. The molecule has 5 nitrogen and oxygen atoms in total. The van der Waals surface area contributed by atoms with Crippen molar-refractivity contribution in [1.82, 2.24) is 0 Å². The highest BCUT2D eigenvalue weighted by Gasteiger charge is 2.60. The molecule has 2 heterocycles. The molecule has 200 valence electrons. The lowest BCUT2D eigenvalue weighted by atomic mass is 9.46. The minimum atomic E-state index is -1.98. The summed E-state index contributed by atoms with van der Waals surface area (Å²) in [4.78, 5) is 0. The highest BCUT2D eigenvalue weighted by atomic mass is 28.4. The van der Waals surface area contributed by atoms with Crippen molar-refractivity contribution in [2.24, 2.45) is 22.7 Å². The second-order valence-electron chi connectivity index (χ2n) is 14.1. The highest BCUT2D eigenvalue weighted by Crippen LogP contribution is 2.63. The van der Waals surface area contributed by atoms with Gasteiger partial charge in [-0.3, -0.25) is 0 Å². The lowest BCUT2D eigenvalue weighted by Crippen LogP contribution is -2.62. The number of fused-ring (bicyclic) bond motifs is 3. The van der Waals surface area contributed by atoms with Gasteiger partial charge in [0.15, 0.2) is 20.4 Å². The van der Waals surface area contributed by atoms with Crippen LogP contribution in [0.2, 0.25) is 18.1 Å². The van der Waals surface area contributed by atoms with E-state index in [9.17, 15) is 5.11 Å². The number of allylic oxidation sites excluding steroid dienone is 2. The smallest absolute Gasteiger partial charge is 0.193 e. The first kappa shape index (κ1) is 27.5. The van der Waals surface area contributed by atoms with E-state index in [2.05, 4.69) is 60.4 Å². The average molecular weight is 507 g/mol. The van der Waals surface area contributed by atoms with E-state index in [-0.39, 0.29) is 28.1 Å². The van der Waals surface area contributed by atoms with Crippen LogP contribution in [0, 0.1) is 22.7 Å². The summed E-state index contributed by atoms with van der Waals surface area (Å²) in [6.45, 7) is 25.9. The van der Waals surface area contributed by atoms with Gasteiger partial charge in [0.2, 0.25) is 0 Å². The molecule has 0 spiro atoms. The summed E-state index contributed by atoms with van der Waals surface area (Å²) in [5.41, 5.74) is 2.39. The van der Waals surface area contributed by atoms with E-state index in [4.69, 9.17) is 18.6 Å². The number of aliphatic hydroxyl groups is 1. The molecule has 2 aliphatic heterocycles. The van der Waals surface area contributed by atoms with Gasteiger partial charge < -0.3 is 23.7 Å². The average Bonchev–Trinajstić information content (AvgIpc) is 3.06. The number of rotatable bonds is 4. The van der Waals surface area contributed by atoms with Gasteiger partial charge in [-0.25, -0.2) is 0 Å². The van der Waals surface area contributed by atoms with Crippen LogP contribution >= 0.6 is 0 Å². The van der Waals surface area contributed by atoms with Gasteiger partial charge in [-0.15, -0.1) is 0 Å². The molecule has 35 heavy (non-hydrogen) atoms. The molecule has 2 aliphatic carbocycles. The van der Waals surface area contributed by atoms with Crippen molar-refractivity contribution in [3.05, 3.63) is 23.8 Å². The van der Waals surface area contributed by atoms with Crippen LogP contribution in [-0.4, -0.2) is 50.9 Å². The summed E-state index contributed by atoms with van der Waals surface area (Å²) in [5, 5.41) is 10.8. The Kier molecular flexibility index (Phi) is 7.12. The lowest BCUT2D eigenvalue weighted by molar-refractivity contribution is -0.344. The van der Waals surface area contributed by atoms with Gasteiger partial charge in [0.05, 0.1) is 25.4 Å². The minimum Gasteiger partial charge on any atom is -0.408 e. The molecule has 1 N–H and O–H groups in total. The maximum absolute atomic E-state index is 10.7. The topological polar surface area (TPSA) is 57.2 Å². The van der Waals surface area contributed by atoms with E-state index in [1.165, 1.54) is 5.57 Å². The van der Waals surface area contributed by atoms with Crippen molar-refractivity contribution >= 4 is 8.32 Å². The van der Waals surface area contributed by atoms with Gasteiger partial charge in [0.1, 0.15) is 0 Å². The van der Waals surface area contributed by atoms with Crippen molar-refractivity contribution < 1.29 is 23.7 Å². The van der Waals surface area contributed by atoms with E-state index < -0.39 is 20.4 Å². The van der Waals surface area contributed by atoms with E-state index in [0.29, 0.717) is 18.4 Å². The van der Waals surface area contributed by atoms with Crippen molar-refractivity contribution in [2.45, 2.75) is 123 Å². The van der Waals surface area contributed by atoms with Crippen molar-refractivity contribution in [3.63, 3.8) is 0 Å². The first-order valence-electron chi connectivity index (χ1n) is 13.7. The lowest BCUT2D eigenvalue weighted by Gasteiger charge is -2.63. The van der Waals surface area contributed by atoms with Gasteiger partial charge in [-0.1, -0.05) is 52.8 Å². The standard InChI is InChI=1S/C29H50O5Si/c1-19-11-14-23-28(7,16-15-24-29(23,8)18-32-27(5,6)33-24)21(19)13-12-20-22(17-31-25(20)30)34-35(9,10)26(2,3)4/h12,21-25,30H,1,11,13-18H2,2-10H3/b20-12+/t21-,22-,23+,24-,25?,28+,29+/m1/s1. The molecule has 0 aromatic rings. The molecule has 6 heteroatoms. The highest BCUT2D eigenvalue weighted by molar-refractivity contribution is 6.74. The summed E-state index contributed by atoms with van der Waals surface area (Å²) < 4.78 is 25.0. The number of hydrogen-bond donors (Lipinski definition) is 1. The van der Waals surface area contributed by atoms with E-state index in [1.54, 1.807) is 0 Å². The number of hydrogen-bond acceptors (Lipinski definition) is 5. The van der Waals surface area contributed by atoms with Gasteiger partial charge >= 0.3 is 0 Å². The molecule has 2 saturated carbocycles.